The number of nitrogens with one attached hydrogen (secondary N) is 1. The summed E-state index contributed by atoms with van der Waals surface area (Å²) in [6.07, 6.45) is 8.57. The maximum Gasteiger partial charge on any atom is 0.243 e. The predicted molar refractivity (Wildman–Crippen MR) is 73.9 cm³/mol. The normalized spacial score (nSPS) is 28.4. The van der Waals surface area contributed by atoms with Crippen molar-refractivity contribution in [3.8, 4) is 0 Å². The standard InChI is InChI=1S/C15H25N3O/c1-15(2)8-6-11(7-9-15)13-17-14(19-18-13)12-5-3-4-10-16-12/h11-12,16H,3-10H2,1-2H3/t12-/m0/s1. The zero-order valence-electron chi connectivity index (χ0n) is 12.1. The third-order valence-corrected chi connectivity index (χ3v) is 4.77. The number of hydrogen-bond donors (Lipinski definition) is 1. The lowest BCUT2D eigenvalue weighted by Crippen LogP contribution is -2.27. The molecule has 1 aromatic heterocycles. The van der Waals surface area contributed by atoms with Gasteiger partial charge in [0.25, 0.3) is 0 Å². The highest BCUT2D eigenvalue weighted by Crippen LogP contribution is 2.41. The van der Waals surface area contributed by atoms with Gasteiger partial charge in [-0.05, 0) is 50.5 Å². The Balaban J connectivity index is 1.64. The molecule has 1 saturated heterocycles. The van der Waals surface area contributed by atoms with Crippen molar-refractivity contribution in [3.05, 3.63) is 11.7 Å². The van der Waals surface area contributed by atoms with Gasteiger partial charge in [0, 0.05) is 5.92 Å². The first-order chi connectivity index (χ1) is 9.14. The van der Waals surface area contributed by atoms with Crippen molar-refractivity contribution in [2.75, 3.05) is 6.54 Å². The molecule has 0 aromatic carbocycles. The fraction of sp³-hybridized carbons (Fsp3) is 0.867. The molecule has 4 nitrogen and oxygen atoms in total. The molecule has 106 valence electrons. The van der Waals surface area contributed by atoms with E-state index in [2.05, 4.69) is 29.3 Å². The molecule has 0 radical (unpaired) electrons. The van der Waals surface area contributed by atoms with E-state index in [1.807, 2.05) is 0 Å². The lowest BCUT2D eigenvalue weighted by molar-refractivity contribution is 0.218. The maximum absolute atomic E-state index is 5.49. The largest absolute Gasteiger partial charge is 0.338 e. The Morgan fingerprint density at radius 2 is 1.95 bits per heavy atom. The van der Waals surface area contributed by atoms with Gasteiger partial charge in [0.15, 0.2) is 5.82 Å². The van der Waals surface area contributed by atoms with Gasteiger partial charge in [-0.1, -0.05) is 25.4 Å². The van der Waals surface area contributed by atoms with Gasteiger partial charge in [0.2, 0.25) is 5.89 Å². The SMILES string of the molecule is CC1(C)CCC(c2noc([C@@H]3CCCCN3)n2)CC1. The molecule has 1 aliphatic heterocycles. The highest BCUT2D eigenvalue weighted by atomic mass is 16.5. The van der Waals surface area contributed by atoms with E-state index < -0.39 is 0 Å². The van der Waals surface area contributed by atoms with Gasteiger partial charge >= 0.3 is 0 Å². The van der Waals surface area contributed by atoms with Crippen molar-refractivity contribution >= 4 is 0 Å². The van der Waals surface area contributed by atoms with Gasteiger partial charge in [-0.25, -0.2) is 0 Å². The van der Waals surface area contributed by atoms with Crippen LogP contribution in [0.2, 0.25) is 0 Å². The fourth-order valence-corrected chi connectivity index (χ4v) is 3.27. The summed E-state index contributed by atoms with van der Waals surface area (Å²) in [6, 6.07) is 0.287. The number of piperidine rings is 1. The predicted octanol–water partition coefficient (Wildman–Crippen LogP) is 3.57. The smallest absolute Gasteiger partial charge is 0.243 e. The van der Waals surface area contributed by atoms with Crippen LogP contribution in [0.25, 0.3) is 0 Å². The summed E-state index contributed by atoms with van der Waals surface area (Å²) >= 11 is 0. The Hall–Kier alpha value is -0.900. The van der Waals surface area contributed by atoms with E-state index >= 15 is 0 Å². The zero-order chi connectivity index (χ0) is 13.3. The lowest BCUT2D eigenvalue weighted by atomic mass is 9.73. The molecule has 2 aliphatic rings. The van der Waals surface area contributed by atoms with Crippen molar-refractivity contribution in [2.45, 2.75) is 70.8 Å². The molecule has 1 N–H and O–H groups in total. The van der Waals surface area contributed by atoms with Gasteiger partial charge in [-0.2, -0.15) is 4.98 Å². The minimum Gasteiger partial charge on any atom is -0.338 e. The molecule has 3 rings (SSSR count). The second kappa shape index (κ2) is 5.23. The molecule has 1 aliphatic carbocycles. The lowest BCUT2D eigenvalue weighted by Gasteiger charge is -2.32. The fourth-order valence-electron chi connectivity index (χ4n) is 3.27. The van der Waals surface area contributed by atoms with Crippen LogP contribution in [0.4, 0.5) is 0 Å². The van der Waals surface area contributed by atoms with Crippen molar-refractivity contribution in [2.24, 2.45) is 5.41 Å². The number of rotatable bonds is 2. The Morgan fingerprint density at radius 3 is 2.63 bits per heavy atom. The summed E-state index contributed by atoms with van der Waals surface area (Å²) in [7, 11) is 0. The van der Waals surface area contributed by atoms with Crippen molar-refractivity contribution in [1.82, 2.24) is 15.5 Å². The van der Waals surface area contributed by atoms with E-state index in [0.29, 0.717) is 11.3 Å². The molecule has 2 heterocycles. The first kappa shape index (κ1) is 13.1. The molecule has 0 bridgehead atoms. The molecular weight excluding hydrogens is 238 g/mol. The summed E-state index contributed by atoms with van der Waals surface area (Å²) in [6.45, 7) is 5.79. The minimum atomic E-state index is 0.287. The zero-order valence-corrected chi connectivity index (χ0v) is 12.1. The highest BCUT2D eigenvalue weighted by molar-refractivity contribution is 5.01. The molecule has 0 amide bonds. The summed E-state index contributed by atoms with van der Waals surface area (Å²) in [4.78, 5) is 4.67. The summed E-state index contributed by atoms with van der Waals surface area (Å²) in [5, 5.41) is 7.71. The van der Waals surface area contributed by atoms with Crippen LogP contribution in [-0.4, -0.2) is 16.7 Å². The van der Waals surface area contributed by atoms with E-state index in [-0.39, 0.29) is 6.04 Å². The first-order valence-corrected chi connectivity index (χ1v) is 7.71. The summed E-state index contributed by atoms with van der Waals surface area (Å²) in [5.41, 5.74) is 0.494. The molecule has 0 spiro atoms. The van der Waals surface area contributed by atoms with E-state index in [1.165, 1.54) is 38.5 Å². The summed E-state index contributed by atoms with van der Waals surface area (Å²) in [5.74, 6) is 2.26. The van der Waals surface area contributed by atoms with Crippen molar-refractivity contribution in [1.29, 1.82) is 0 Å². The van der Waals surface area contributed by atoms with Gasteiger partial charge in [0.1, 0.15) is 0 Å². The second-order valence-corrected chi connectivity index (χ2v) is 6.93. The Kier molecular flexibility index (Phi) is 3.61. The number of hydrogen-bond acceptors (Lipinski definition) is 4. The topological polar surface area (TPSA) is 51.0 Å². The van der Waals surface area contributed by atoms with Gasteiger partial charge in [-0.3, -0.25) is 0 Å². The molecule has 19 heavy (non-hydrogen) atoms. The third-order valence-electron chi connectivity index (χ3n) is 4.77. The second-order valence-electron chi connectivity index (χ2n) is 6.93. The highest BCUT2D eigenvalue weighted by Gasteiger charge is 2.31. The Morgan fingerprint density at radius 1 is 1.16 bits per heavy atom. The first-order valence-electron chi connectivity index (χ1n) is 7.71. The van der Waals surface area contributed by atoms with Crippen LogP contribution >= 0.6 is 0 Å². The van der Waals surface area contributed by atoms with E-state index in [0.717, 1.165) is 24.7 Å². The number of nitrogens with zero attached hydrogens (tertiary/aromatic N) is 2. The van der Waals surface area contributed by atoms with Crippen molar-refractivity contribution < 1.29 is 4.52 Å². The number of aromatic nitrogens is 2. The molecule has 4 heteroatoms. The monoisotopic (exact) mass is 263 g/mol. The van der Waals surface area contributed by atoms with Crippen LogP contribution in [0, 0.1) is 5.41 Å². The van der Waals surface area contributed by atoms with Gasteiger partial charge in [-0.15, -0.1) is 0 Å². The summed E-state index contributed by atoms with van der Waals surface area (Å²) < 4.78 is 5.49. The average Bonchev–Trinajstić information content (AvgIpc) is 2.89. The van der Waals surface area contributed by atoms with E-state index in [9.17, 15) is 0 Å². The Labute approximate surface area is 115 Å². The van der Waals surface area contributed by atoms with Crippen LogP contribution in [-0.2, 0) is 0 Å². The Bertz CT molecular complexity index is 411. The minimum absolute atomic E-state index is 0.287. The molecule has 2 fully saturated rings. The van der Waals surface area contributed by atoms with E-state index in [1.54, 1.807) is 0 Å². The molecular formula is C15H25N3O. The van der Waals surface area contributed by atoms with Gasteiger partial charge < -0.3 is 9.84 Å². The van der Waals surface area contributed by atoms with Gasteiger partial charge in [0.05, 0.1) is 6.04 Å². The maximum atomic E-state index is 5.49. The van der Waals surface area contributed by atoms with E-state index in [4.69, 9.17) is 4.52 Å². The molecule has 0 unspecified atom stereocenters. The molecule has 1 atom stereocenters. The van der Waals surface area contributed by atoms with Crippen LogP contribution in [0.1, 0.15) is 82.5 Å². The van der Waals surface area contributed by atoms with Crippen LogP contribution in [0.3, 0.4) is 0 Å². The molecule has 1 aromatic rings. The van der Waals surface area contributed by atoms with Crippen molar-refractivity contribution in [3.63, 3.8) is 0 Å². The van der Waals surface area contributed by atoms with Crippen LogP contribution < -0.4 is 5.32 Å². The average molecular weight is 263 g/mol. The van der Waals surface area contributed by atoms with Crippen LogP contribution in [0.5, 0.6) is 0 Å². The third kappa shape index (κ3) is 2.99. The molecule has 1 saturated carbocycles. The quantitative estimate of drug-likeness (QED) is 0.886. The van der Waals surface area contributed by atoms with Crippen LogP contribution in [0.15, 0.2) is 4.52 Å².